The lowest BCUT2D eigenvalue weighted by molar-refractivity contribution is 0.0931. The number of nitrogens with one attached hydrogen (secondary N) is 1. The highest BCUT2D eigenvalue weighted by Crippen LogP contribution is 2.44. The molecule has 19 heavy (non-hydrogen) atoms. The first-order valence-corrected chi connectivity index (χ1v) is 6.79. The van der Waals surface area contributed by atoms with Gasteiger partial charge in [0.15, 0.2) is 0 Å². The zero-order valence-corrected chi connectivity index (χ0v) is 11.7. The molecular weight excluding hydrogens is 266 g/mol. The quantitative estimate of drug-likeness (QED) is 0.842. The Labute approximate surface area is 117 Å². The zero-order chi connectivity index (χ0) is 13.9. The SMILES string of the molecule is CCOc1cc(Cl)ccc1C(=O)NCC1(CO)CC1. The topological polar surface area (TPSA) is 58.6 Å². The van der Waals surface area contributed by atoms with E-state index in [1.807, 2.05) is 6.92 Å². The second-order valence-electron chi connectivity index (χ2n) is 4.91. The maximum absolute atomic E-state index is 12.1. The Balaban J connectivity index is 2.05. The van der Waals surface area contributed by atoms with Crippen LogP contribution in [0, 0.1) is 5.41 Å². The van der Waals surface area contributed by atoms with E-state index in [0.717, 1.165) is 12.8 Å². The van der Waals surface area contributed by atoms with Crippen molar-refractivity contribution >= 4 is 17.5 Å². The summed E-state index contributed by atoms with van der Waals surface area (Å²) in [5.74, 6) is 0.293. The largest absolute Gasteiger partial charge is 0.493 e. The molecule has 0 bridgehead atoms. The minimum Gasteiger partial charge on any atom is -0.493 e. The monoisotopic (exact) mass is 283 g/mol. The second kappa shape index (κ2) is 5.80. The van der Waals surface area contributed by atoms with Crippen LogP contribution in [-0.4, -0.2) is 30.8 Å². The smallest absolute Gasteiger partial charge is 0.255 e. The average molecular weight is 284 g/mol. The molecule has 0 saturated heterocycles. The van der Waals surface area contributed by atoms with Gasteiger partial charge >= 0.3 is 0 Å². The van der Waals surface area contributed by atoms with Gasteiger partial charge in [0.05, 0.1) is 18.8 Å². The predicted octanol–water partition coefficient (Wildman–Crippen LogP) is 2.24. The number of rotatable bonds is 6. The van der Waals surface area contributed by atoms with Gasteiger partial charge in [0.2, 0.25) is 0 Å². The average Bonchev–Trinajstić information content (AvgIpc) is 3.17. The number of halogens is 1. The minimum atomic E-state index is -0.195. The fourth-order valence-electron chi connectivity index (χ4n) is 1.89. The van der Waals surface area contributed by atoms with Crippen molar-refractivity contribution in [1.29, 1.82) is 0 Å². The maximum Gasteiger partial charge on any atom is 0.255 e. The fourth-order valence-corrected chi connectivity index (χ4v) is 2.05. The second-order valence-corrected chi connectivity index (χ2v) is 5.35. The molecule has 0 aromatic heterocycles. The molecule has 1 aliphatic rings. The van der Waals surface area contributed by atoms with Gasteiger partial charge in [-0.15, -0.1) is 0 Å². The first-order valence-electron chi connectivity index (χ1n) is 6.42. The Morgan fingerprint density at radius 1 is 1.53 bits per heavy atom. The standard InChI is InChI=1S/C14H18ClNO3/c1-2-19-12-7-10(15)3-4-11(12)13(18)16-8-14(9-17)5-6-14/h3-4,7,17H,2,5-6,8-9H2,1H3,(H,16,18). The number of hydrogen-bond donors (Lipinski definition) is 2. The number of benzene rings is 1. The molecule has 0 aliphatic heterocycles. The van der Waals surface area contributed by atoms with Gasteiger partial charge < -0.3 is 15.2 Å². The van der Waals surface area contributed by atoms with E-state index in [2.05, 4.69) is 5.32 Å². The van der Waals surface area contributed by atoms with Crippen LogP contribution in [0.15, 0.2) is 18.2 Å². The van der Waals surface area contributed by atoms with Gasteiger partial charge in [0.1, 0.15) is 5.75 Å². The molecule has 2 N–H and O–H groups in total. The Bertz CT molecular complexity index is 472. The van der Waals surface area contributed by atoms with E-state index in [4.69, 9.17) is 16.3 Å². The van der Waals surface area contributed by atoms with Crippen molar-refractivity contribution in [3.8, 4) is 5.75 Å². The van der Waals surface area contributed by atoms with E-state index in [1.165, 1.54) is 0 Å². The van der Waals surface area contributed by atoms with E-state index >= 15 is 0 Å². The number of carbonyl (C=O) groups excluding carboxylic acids is 1. The number of ether oxygens (including phenoxy) is 1. The van der Waals surface area contributed by atoms with Crippen molar-refractivity contribution in [1.82, 2.24) is 5.32 Å². The first-order chi connectivity index (χ1) is 9.10. The third kappa shape index (κ3) is 3.39. The molecule has 0 spiro atoms. The van der Waals surface area contributed by atoms with Crippen molar-refractivity contribution < 1.29 is 14.6 Å². The van der Waals surface area contributed by atoms with Crippen LogP contribution >= 0.6 is 11.6 Å². The minimum absolute atomic E-state index is 0.103. The number of aliphatic hydroxyl groups is 1. The molecule has 2 rings (SSSR count). The van der Waals surface area contributed by atoms with Crippen LogP contribution in [0.2, 0.25) is 5.02 Å². The third-order valence-electron chi connectivity index (χ3n) is 3.40. The van der Waals surface area contributed by atoms with E-state index in [0.29, 0.717) is 29.5 Å². The molecule has 0 heterocycles. The molecule has 1 amide bonds. The predicted molar refractivity (Wildman–Crippen MR) is 73.7 cm³/mol. The summed E-state index contributed by atoms with van der Waals surface area (Å²) < 4.78 is 5.42. The molecule has 1 aliphatic carbocycles. The van der Waals surface area contributed by atoms with Gasteiger partial charge in [-0.3, -0.25) is 4.79 Å². The summed E-state index contributed by atoms with van der Waals surface area (Å²) >= 11 is 5.89. The van der Waals surface area contributed by atoms with Crippen molar-refractivity contribution in [3.63, 3.8) is 0 Å². The zero-order valence-electron chi connectivity index (χ0n) is 10.9. The number of hydrogen-bond acceptors (Lipinski definition) is 3. The summed E-state index contributed by atoms with van der Waals surface area (Å²) in [7, 11) is 0. The summed E-state index contributed by atoms with van der Waals surface area (Å²) in [5, 5.41) is 12.6. The third-order valence-corrected chi connectivity index (χ3v) is 3.64. The highest BCUT2D eigenvalue weighted by Gasteiger charge is 2.42. The summed E-state index contributed by atoms with van der Waals surface area (Å²) in [6, 6.07) is 4.96. The van der Waals surface area contributed by atoms with Crippen LogP contribution in [0.25, 0.3) is 0 Å². The van der Waals surface area contributed by atoms with Crippen LogP contribution in [0.3, 0.4) is 0 Å². The molecule has 5 heteroatoms. The van der Waals surface area contributed by atoms with Gasteiger partial charge in [-0.2, -0.15) is 0 Å². The highest BCUT2D eigenvalue weighted by atomic mass is 35.5. The molecule has 1 aromatic carbocycles. The lowest BCUT2D eigenvalue weighted by atomic mass is 10.1. The lowest BCUT2D eigenvalue weighted by Crippen LogP contribution is -2.32. The van der Waals surface area contributed by atoms with Crippen LogP contribution in [0.1, 0.15) is 30.1 Å². The van der Waals surface area contributed by atoms with Crippen LogP contribution in [-0.2, 0) is 0 Å². The van der Waals surface area contributed by atoms with Gasteiger partial charge in [-0.25, -0.2) is 0 Å². The van der Waals surface area contributed by atoms with Gasteiger partial charge in [-0.1, -0.05) is 11.6 Å². The van der Waals surface area contributed by atoms with Crippen LogP contribution < -0.4 is 10.1 Å². The maximum atomic E-state index is 12.1. The number of amides is 1. The molecular formula is C14H18ClNO3. The molecule has 0 atom stereocenters. The van der Waals surface area contributed by atoms with Crippen molar-refractivity contribution in [3.05, 3.63) is 28.8 Å². The fraction of sp³-hybridized carbons (Fsp3) is 0.500. The number of aliphatic hydroxyl groups excluding tert-OH is 1. The van der Waals surface area contributed by atoms with Gasteiger partial charge in [-0.05, 0) is 38.0 Å². The van der Waals surface area contributed by atoms with Crippen molar-refractivity contribution in [2.75, 3.05) is 19.8 Å². The summed E-state index contributed by atoms with van der Waals surface area (Å²) in [4.78, 5) is 12.1. The van der Waals surface area contributed by atoms with Crippen LogP contribution in [0.5, 0.6) is 5.75 Å². The molecule has 1 aromatic rings. The highest BCUT2D eigenvalue weighted by molar-refractivity contribution is 6.30. The lowest BCUT2D eigenvalue weighted by Gasteiger charge is -2.14. The molecule has 0 unspecified atom stereocenters. The molecule has 0 radical (unpaired) electrons. The van der Waals surface area contributed by atoms with E-state index in [-0.39, 0.29) is 17.9 Å². The summed E-state index contributed by atoms with van der Waals surface area (Å²) in [6.07, 6.45) is 1.92. The normalized spacial score (nSPS) is 15.9. The Kier molecular flexibility index (Phi) is 4.32. The number of carbonyl (C=O) groups is 1. The Morgan fingerprint density at radius 2 is 2.26 bits per heavy atom. The summed E-state index contributed by atoms with van der Waals surface area (Å²) in [5.41, 5.74) is 0.369. The first kappa shape index (κ1) is 14.2. The Morgan fingerprint density at radius 3 is 2.84 bits per heavy atom. The molecule has 4 nitrogen and oxygen atoms in total. The van der Waals surface area contributed by atoms with E-state index in [1.54, 1.807) is 18.2 Å². The van der Waals surface area contributed by atoms with Gasteiger partial charge in [0, 0.05) is 17.0 Å². The van der Waals surface area contributed by atoms with E-state index < -0.39 is 0 Å². The molecule has 1 saturated carbocycles. The van der Waals surface area contributed by atoms with Crippen molar-refractivity contribution in [2.45, 2.75) is 19.8 Å². The molecule has 1 fully saturated rings. The van der Waals surface area contributed by atoms with Crippen molar-refractivity contribution in [2.24, 2.45) is 5.41 Å². The van der Waals surface area contributed by atoms with Gasteiger partial charge in [0.25, 0.3) is 5.91 Å². The molecule has 104 valence electrons. The Hall–Kier alpha value is -1.26. The van der Waals surface area contributed by atoms with Crippen LogP contribution in [0.4, 0.5) is 0 Å². The van der Waals surface area contributed by atoms with E-state index in [9.17, 15) is 9.90 Å². The summed E-state index contributed by atoms with van der Waals surface area (Å²) in [6.45, 7) is 2.94.